The lowest BCUT2D eigenvalue weighted by Gasteiger charge is -2.18. The van der Waals surface area contributed by atoms with Crippen molar-refractivity contribution in [1.82, 2.24) is 29.4 Å². The Bertz CT molecular complexity index is 1710. The predicted octanol–water partition coefficient (Wildman–Crippen LogP) is 5.78. The number of hydrogen-bond acceptors (Lipinski definition) is 5. The summed E-state index contributed by atoms with van der Waals surface area (Å²) >= 11 is 6.10. The number of fused-ring (bicyclic) bond motifs is 1. The van der Waals surface area contributed by atoms with Crippen LogP contribution in [0.25, 0.3) is 27.9 Å². The van der Waals surface area contributed by atoms with Crippen molar-refractivity contribution in [3.05, 3.63) is 120 Å². The summed E-state index contributed by atoms with van der Waals surface area (Å²) in [6.45, 7) is 0. The molecule has 2 aromatic carbocycles. The number of carbonyl (C=O) groups excluding carboxylic acids is 1. The van der Waals surface area contributed by atoms with Crippen LogP contribution in [0.3, 0.4) is 0 Å². The van der Waals surface area contributed by atoms with E-state index in [-0.39, 0.29) is 11.7 Å². The van der Waals surface area contributed by atoms with Gasteiger partial charge in [0.25, 0.3) is 5.91 Å². The number of benzene rings is 2. The fourth-order valence-corrected chi connectivity index (χ4v) is 4.70. The molecule has 0 radical (unpaired) electrons. The minimum atomic E-state index is -0.446. The average molecular weight is 523 g/mol. The van der Waals surface area contributed by atoms with E-state index in [1.807, 2.05) is 71.0 Å². The zero-order valence-corrected chi connectivity index (χ0v) is 21.2. The van der Waals surface area contributed by atoms with Gasteiger partial charge in [-0.25, -0.2) is 9.97 Å². The zero-order chi connectivity index (χ0) is 26.1. The highest BCUT2D eigenvalue weighted by atomic mass is 35.5. The third kappa shape index (κ3) is 4.69. The molecule has 0 aliphatic heterocycles. The van der Waals surface area contributed by atoms with Gasteiger partial charge >= 0.3 is 0 Å². The monoisotopic (exact) mass is 522 g/mol. The molecule has 0 saturated carbocycles. The second-order valence-corrected chi connectivity index (χ2v) is 9.36. The molecule has 0 spiro atoms. The van der Waals surface area contributed by atoms with Crippen LogP contribution in [0.1, 0.15) is 28.1 Å². The van der Waals surface area contributed by atoms with E-state index in [2.05, 4.69) is 15.3 Å². The van der Waals surface area contributed by atoms with Crippen LogP contribution in [0.2, 0.25) is 5.02 Å². The molecule has 4 heterocycles. The Balaban J connectivity index is 1.31. The van der Waals surface area contributed by atoms with E-state index in [1.165, 1.54) is 0 Å². The Morgan fingerprint density at radius 3 is 2.68 bits per heavy atom. The van der Waals surface area contributed by atoms with Crippen molar-refractivity contribution in [3.63, 3.8) is 0 Å². The normalized spacial score (nSPS) is 12.1. The summed E-state index contributed by atoms with van der Waals surface area (Å²) in [4.78, 5) is 26.6. The maximum Gasteiger partial charge on any atom is 0.287 e. The zero-order valence-electron chi connectivity index (χ0n) is 20.5. The number of imidazole rings is 2. The number of rotatable bonds is 7. The molecule has 8 nitrogen and oxygen atoms in total. The van der Waals surface area contributed by atoms with E-state index in [1.54, 1.807) is 43.0 Å². The number of nitrogens with zero attached hydrogens (tertiary/aromatic N) is 5. The van der Waals surface area contributed by atoms with Gasteiger partial charge in [0.05, 0.1) is 24.3 Å². The molecule has 38 heavy (non-hydrogen) atoms. The Morgan fingerprint density at radius 1 is 1.05 bits per heavy atom. The number of amides is 1. The molecule has 0 aliphatic rings. The Morgan fingerprint density at radius 2 is 1.92 bits per heavy atom. The van der Waals surface area contributed by atoms with Crippen molar-refractivity contribution in [2.45, 2.75) is 12.5 Å². The van der Waals surface area contributed by atoms with Crippen molar-refractivity contribution >= 4 is 28.5 Å². The van der Waals surface area contributed by atoms with Crippen molar-refractivity contribution in [2.75, 3.05) is 0 Å². The first kappa shape index (κ1) is 23.7. The van der Waals surface area contributed by atoms with Crippen molar-refractivity contribution in [1.29, 1.82) is 0 Å². The molecule has 6 aromatic rings. The second kappa shape index (κ2) is 9.99. The van der Waals surface area contributed by atoms with Crippen LogP contribution < -0.4 is 5.32 Å². The number of carbonyl (C=O) groups is 1. The highest BCUT2D eigenvalue weighted by molar-refractivity contribution is 6.31. The Hall–Kier alpha value is -4.69. The summed E-state index contributed by atoms with van der Waals surface area (Å²) in [5, 5.41) is 4.45. The van der Waals surface area contributed by atoms with Crippen LogP contribution in [-0.4, -0.2) is 30.0 Å². The minimum absolute atomic E-state index is 0.206. The van der Waals surface area contributed by atoms with Crippen LogP contribution in [0, 0.1) is 0 Å². The molecule has 1 unspecified atom stereocenters. The summed E-state index contributed by atoms with van der Waals surface area (Å²) in [5.74, 6) is 0.571. The fourth-order valence-electron chi connectivity index (χ4n) is 4.52. The molecule has 4 aromatic heterocycles. The van der Waals surface area contributed by atoms with Gasteiger partial charge in [-0.15, -0.1) is 0 Å². The number of pyridine rings is 1. The van der Waals surface area contributed by atoms with E-state index in [9.17, 15) is 4.79 Å². The average Bonchev–Trinajstić information content (AvgIpc) is 3.69. The number of aromatic nitrogens is 5. The van der Waals surface area contributed by atoms with Crippen LogP contribution in [0.15, 0.2) is 102 Å². The first-order valence-electron chi connectivity index (χ1n) is 12.1. The lowest BCUT2D eigenvalue weighted by Crippen LogP contribution is -2.31. The molecule has 0 aliphatic carbocycles. The molecular formula is C29H23ClN6O2. The molecule has 0 fully saturated rings. The van der Waals surface area contributed by atoms with Crippen molar-refractivity contribution in [2.24, 2.45) is 7.05 Å². The first-order chi connectivity index (χ1) is 18.5. The van der Waals surface area contributed by atoms with Gasteiger partial charge in [-0.3, -0.25) is 9.78 Å². The highest BCUT2D eigenvalue weighted by Crippen LogP contribution is 2.27. The van der Waals surface area contributed by atoms with Gasteiger partial charge in [-0.2, -0.15) is 0 Å². The summed E-state index contributed by atoms with van der Waals surface area (Å²) in [7, 11) is 1.95. The van der Waals surface area contributed by atoms with Crippen LogP contribution in [0.4, 0.5) is 0 Å². The van der Waals surface area contributed by atoms with E-state index in [4.69, 9.17) is 21.0 Å². The number of halogens is 1. The van der Waals surface area contributed by atoms with Crippen LogP contribution in [0.5, 0.6) is 0 Å². The Kier molecular flexibility index (Phi) is 6.23. The smallest absolute Gasteiger partial charge is 0.287 e. The molecule has 0 saturated heterocycles. The summed E-state index contributed by atoms with van der Waals surface area (Å²) in [6, 6.07) is 20.4. The molecule has 1 N–H and O–H groups in total. The highest BCUT2D eigenvalue weighted by Gasteiger charge is 2.24. The van der Waals surface area contributed by atoms with Crippen molar-refractivity contribution in [3.8, 4) is 16.9 Å². The molecule has 188 valence electrons. The van der Waals surface area contributed by atoms with E-state index < -0.39 is 6.04 Å². The third-order valence-electron chi connectivity index (χ3n) is 6.45. The quantitative estimate of drug-likeness (QED) is 0.287. The molecule has 1 atom stereocenters. The number of hydrogen-bond donors (Lipinski definition) is 1. The predicted molar refractivity (Wildman–Crippen MR) is 145 cm³/mol. The molecule has 0 bridgehead atoms. The van der Waals surface area contributed by atoms with Gasteiger partial charge in [-0.1, -0.05) is 29.8 Å². The molecule has 1 amide bonds. The molecule has 9 heteroatoms. The molecule has 6 rings (SSSR count). The first-order valence-corrected chi connectivity index (χ1v) is 12.4. The third-order valence-corrected chi connectivity index (χ3v) is 6.68. The van der Waals surface area contributed by atoms with Crippen LogP contribution in [-0.2, 0) is 13.5 Å². The van der Waals surface area contributed by atoms with Gasteiger partial charge in [0.15, 0.2) is 5.76 Å². The summed E-state index contributed by atoms with van der Waals surface area (Å²) in [6.07, 6.45) is 9.43. The van der Waals surface area contributed by atoms with Gasteiger partial charge in [0, 0.05) is 53.8 Å². The Labute approximate surface area is 223 Å². The lowest BCUT2D eigenvalue weighted by molar-refractivity contribution is 0.0908. The number of furan rings is 1. The van der Waals surface area contributed by atoms with E-state index >= 15 is 0 Å². The largest absolute Gasteiger partial charge is 0.451 e. The summed E-state index contributed by atoms with van der Waals surface area (Å²) < 4.78 is 9.74. The van der Waals surface area contributed by atoms with Crippen molar-refractivity contribution < 1.29 is 9.21 Å². The van der Waals surface area contributed by atoms with Gasteiger partial charge < -0.3 is 18.9 Å². The number of nitrogens with one attached hydrogen (secondary N) is 1. The maximum atomic E-state index is 13.3. The van der Waals surface area contributed by atoms with Gasteiger partial charge in [-0.05, 0) is 54.1 Å². The lowest BCUT2D eigenvalue weighted by atomic mass is 10.1. The topological polar surface area (TPSA) is 90.8 Å². The standard InChI is InChI=1S/C29H23ClN6O2/c1-35-25(19-5-8-23(9-6-19)36-13-12-31-18-36)17-33-28(35)24(16-22-4-2-3-11-32-22)34-29(37)27-15-20-14-21(30)7-10-26(20)38-27/h2-15,17-18,24H,16H2,1H3,(H,34,37). The second-order valence-electron chi connectivity index (χ2n) is 8.92. The molecular weight excluding hydrogens is 500 g/mol. The maximum absolute atomic E-state index is 13.3. The summed E-state index contributed by atoms with van der Waals surface area (Å²) in [5.41, 5.74) is 4.38. The van der Waals surface area contributed by atoms with Crippen LogP contribution >= 0.6 is 11.6 Å². The van der Waals surface area contributed by atoms with Gasteiger partial charge in [0.1, 0.15) is 11.4 Å². The van der Waals surface area contributed by atoms with Gasteiger partial charge in [0.2, 0.25) is 0 Å². The fraction of sp³-hybridized carbons (Fsp3) is 0.103. The minimum Gasteiger partial charge on any atom is -0.451 e. The SMILES string of the molecule is Cn1c(-c2ccc(-n3ccnc3)cc2)cnc1C(Cc1ccccn1)NC(=O)c1cc2cc(Cl)ccc2o1. The van der Waals surface area contributed by atoms with E-state index in [0.29, 0.717) is 22.9 Å². The van der Waals surface area contributed by atoms with E-state index in [0.717, 1.165) is 28.0 Å².